The molecule has 1 unspecified atom stereocenters. The van der Waals surface area contributed by atoms with Crippen molar-refractivity contribution in [3.05, 3.63) is 15.9 Å². The molecular weight excluding hydrogens is 266 g/mol. The smallest absolute Gasteiger partial charge is 0.0738 e. The van der Waals surface area contributed by atoms with E-state index in [1.165, 1.54) is 16.6 Å². The van der Waals surface area contributed by atoms with Gasteiger partial charge in [0.25, 0.3) is 0 Å². The minimum absolute atomic E-state index is 0.685. The van der Waals surface area contributed by atoms with Crippen LogP contribution in [0, 0.1) is 12.8 Å². The van der Waals surface area contributed by atoms with Crippen LogP contribution in [-0.2, 0) is 13.5 Å². The van der Waals surface area contributed by atoms with E-state index in [4.69, 9.17) is 0 Å². The maximum absolute atomic E-state index is 4.41. The lowest BCUT2D eigenvalue weighted by Crippen LogP contribution is -2.18. The van der Waals surface area contributed by atoms with Gasteiger partial charge in [0.2, 0.25) is 0 Å². The number of hydrogen-bond donors (Lipinski definition) is 1. The van der Waals surface area contributed by atoms with Gasteiger partial charge < -0.3 is 5.32 Å². The lowest BCUT2D eigenvalue weighted by Gasteiger charge is -2.12. The van der Waals surface area contributed by atoms with Gasteiger partial charge in [-0.2, -0.15) is 5.10 Å². The standard InChI is InChI=1S/C12H22BrN3/c1-5-14-7-6-9(2)8-11-12(13)10(3)15-16(11)4/h9,14H,5-8H2,1-4H3. The van der Waals surface area contributed by atoms with E-state index < -0.39 is 0 Å². The summed E-state index contributed by atoms with van der Waals surface area (Å²) in [6, 6.07) is 0. The summed E-state index contributed by atoms with van der Waals surface area (Å²) in [7, 11) is 2.02. The van der Waals surface area contributed by atoms with E-state index in [0.29, 0.717) is 5.92 Å². The Morgan fingerprint density at radius 2 is 2.19 bits per heavy atom. The van der Waals surface area contributed by atoms with Gasteiger partial charge in [0.1, 0.15) is 0 Å². The Morgan fingerprint density at radius 3 is 2.69 bits per heavy atom. The van der Waals surface area contributed by atoms with Gasteiger partial charge in [0.15, 0.2) is 0 Å². The first-order valence-corrected chi connectivity index (χ1v) is 6.74. The van der Waals surface area contributed by atoms with Crippen LogP contribution >= 0.6 is 15.9 Å². The molecule has 1 heterocycles. The van der Waals surface area contributed by atoms with E-state index in [1.54, 1.807) is 0 Å². The third-order valence-corrected chi connectivity index (χ3v) is 3.90. The Bertz CT molecular complexity index is 333. The Morgan fingerprint density at radius 1 is 1.50 bits per heavy atom. The molecule has 0 aliphatic carbocycles. The van der Waals surface area contributed by atoms with Crippen LogP contribution < -0.4 is 5.32 Å². The van der Waals surface area contributed by atoms with Crippen molar-refractivity contribution in [3.63, 3.8) is 0 Å². The van der Waals surface area contributed by atoms with Crippen molar-refractivity contribution in [3.8, 4) is 0 Å². The number of nitrogens with one attached hydrogen (secondary N) is 1. The summed E-state index contributed by atoms with van der Waals surface area (Å²) >= 11 is 3.61. The van der Waals surface area contributed by atoms with Crippen molar-refractivity contribution in [2.45, 2.75) is 33.6 Å². The highest BCUT2D eigenvalue weighted by molar-refractivity contribution is 9.10. The summed E-state index contributed by atoms with van der Waals surface area (Å²) < 4.78 is 3.16. The molecule has 0 aliphatic heterocycles. The van der Waals surface area contributed by atoms with Gasteiger partial charge in [-0.3, -0.25) is 4.68 Å². The molecule has 0 bridgehead atoms. The molecule has 0 aliphatic rings. The van der Waals surface area contributed by atoms with E-state index >= 15 is 0 Å². The first kappa shape index (κ1) is 13.7. The predicted octanol–water partition coefficient (Wildman–Crippen LogP) is 2.67. The Balaban J connectivity index is 2.52. The summed E-state index contributed by atoms with van der Waals surface area (Å²) in [4.78, 5) is 0. The Kier molecular flexibility index (Phi) is 5.49. The number of halogens is 1. The maximum atomic E-state index is 4.41. The largest absolute Gasteiger partial charge is 0.317 e. The average molecular weight is 288 g/mol. The third kappa shape index (κ3) is 3.59. The van der Waals surface area contributed by atoms with Crippen molar-refractivity contribution < 1.29 is 0 Å². The van der Waals surface area contributed by atoms with Gasteiger partial charge >= 0.3 is 0 Å². The van der Waals surface area contributed by atoms with Gasteiger partial charge in [0, 0.05) is 7.05 Å². The molecule has 0 saturated carbocycles. The molecule has 92 valence electrons. The van der Waals surface area contributed by atoms with Crippen LogP contribution in [0.5, 0.6) is 0 Å². The maximum Gasteiger partial charge on any atom is 0.0738 e. The molecular formula is C12H22BrN3. The number of rotatable bonds is 6. The SMILES string of the molecule is CCNCCC(C)Cc1c(Br)c(C)nn1C. The second-order valence-corrected chi connectivity index (χ2v) is 5.21. The number of aromatic nitrogens is 2. The molecule has 0 saturated heterocycles. The summed E-state index contributed by atoms with van der Waals surface area (Å²) in [5.74, 6) is 0.685. The van der Waals surface area contributed by atoms with E-state index in [1.807, 2.05) is 18.7 Å². The lowest BCUT2D eigenvalue weighted by atomic mass is 10.0. The molecule has 0 radical (unpaired) electrons. The fourth-order valence-electron chi connectivity index (χ4n) is 1.86. The van der Waals surface area contributed by atoms with Crippen LogP contribution in [0.4, 0.5) is 0 Å². The molecule has 3 nitrogen and oxygen atoms in total. The third-order valence-electron chi connectivity index (χ3n) is 2.87. The van der Waals surface area contributed by atoms with Crippen molar-refractivity contribution in [1.29, 1.82) is 0 Å². The Labute approximate surface area is 107 Å². The van der Waals surface area contributed by atoms with Gasteiger partial charge in [-0.05, 0) is 54.7 Å². The minimum atomic E-state index is 0.685. The first-order chi connectivity index (χ1) is 7.56. The number of nitrogens with zero attached hydrogens (tertiary/aromatic N) is 2. The van der Waals surface area contributed by atoms with Crippen molar-refractivity contribution in [2.24, 2.45) is 13.0 Å². The highest BCUT2D eigenvalue weighted by Crippen LogP contribution is 2.23. The molecule has 4 heteroatoms. The van der Waals surface area contributed by atoms with Crippen LogP contribution in [0.2, 0.25) is 0 Å². The minimum Gasteiger partial charge on any atom is -0.317 e. The van der Waals surface area contributed by atoms with Crippen LogP contribution in [0.3, 0.4) is 0 Å². The first-order valence-electron chi connectivity index (χ1n) is 5.95. The molecule has 1 N–H and O–H groups in total. The molecule has 0 amide bonds. The van der Waals surface area contributed by atoms with Crippen molar-refractivity contribution >= 4 is 15.9 Å². The van der Waals surface area contributed by atoms with E-state index in [-0.39, 0.29) is 0 Å². The molecule has 1 aromatic heterocycles. The van der Waals surface area contributed by atoms with Crippen LogP contribution in [0.25, 0.3) is 0 Å². The van der Waals surface area contributed by atoms with E-state index in [0.717, 1.165) is 25.2 Å². The van der Waals surface area contributed by atoms with Crippen molar-refractivity contribution in [1.82, 2.24) is 15.1 Å². The molecule has 0 fully saturated rings. The number of aryl methyl sites for hydroxylation is 2. The molecule has 1 aromatic rings. The highest BCUT2D eigenvalue weighted by atomic mass is 79.9. The van der Waals surface area contributed by atoms with Crippen LogP contribution in [-0.4, -0.2) is 22.9 Å². The predicted molar refractivity (Wildman–Crippen MR) is 71.7 cm³/mol. The Hall–Kier alpha value is -0.350. The van der Waals surface area contributed by atoms with Crippen molar-refractivity contribution in [2.75, 3.05) is 13.1 Å². The monoisotopic (exact) mass is 287 g/mol. The molecule has 16 heavy (non-hydrogen) atoms. The molecule has 1 rings (SSSR count). The lowest BCUT2D eigenvalue weighted by molar-refractivity contribution is 0.488. The summed E-state index contributed by atoms with van der Waals surface area (Å²) in [6.07, 6.45) is 2.30. The fourth-order valence-corrected chi connectivity index (χ4v) is 2.36. The zero-order valence-electron chi connectivity index (χ0n) is 10.7. The summed E-state index contributed by atoms with van der Waals surface area (Å²) in [6.45, 7) is 8.64. The molecule has 0 spiro atoms. The van der Waals surface area contributed by atoms with E-state index in [2.05, 4.69) is 40.2 Å². The molecule has 0 aromatic carbocycles. The van der Waals surface area contributed by atoms with Gasteiger partial charge in [-0.15, -0.1) is 0 Å². The topological polar surface area (TPSA) is 29.9 Å². The average Bonchev–Trinajstić information content (AvgIpc) is 2.46. The second kappa shape index (κ2) is 6.40. The van der Waals surface area contributed by atoms with Gasteiger partial charge in [0.05, 0.1) is 15.9 Å². The zero-order valence-corrected chi connectivity index (χ0v) is 12.3. The number of hydrogen-bond acceptors (Lipinski definition) is 2. The van der Waals surface area contributed by atoms with Crippen LogP contribution in [0.1, 0.15) is 31.7 Å². The van der Waals surface area contributed by atoms with E-state index in [9.17, 15) is 0 Å². The van der Waals surface area contributed by atoms with Crippen LogP contribution in [0.15, 0.2) is 4.47 Å². The van der Waals surface area contributed by atoms with Gasteiger partial charge in [-0.25, -0.2) is 0 Å². The van der Waals surface area contributed by atoms with Gasteiger partial charge in [-0.1, -0.05) is 13.8 Å². The highest BCUT2D eigenvalue weighted by Gasteiger charge is 2.13. The summed E-state index contributed by atoms with van der Waals surface area (Å²) in [5, 5.41) is 7.78. The quantitative estimate of drug-likeness (QED) is 0.816. The zero-order chi connectivity index (χ0) is 12.1. The molecule has 1 atom stereocenters. The fraction of sp³-hybridized carbons (Fsp3) is 0.750. The summed E-state index contributed by atoms with van der Waals surface area (Å²) in [5.41, 5.74) is 2.39. The normalized spacial score (nSPS) is 13.1. The second-order valence-electron chi connectivity index (χ2n) is 4.42.